The third-order valence-corrected chi connectivity index (χ3v) is 3.28. The highest BCUT2D eigenvalue weighted by Crippen LogP contribution is 2.22. The SMILES string of the molecule is CCCCCCC(NN)c1cnn2ccncc12. The van der Waals surface area contributed by atoms with E-state index in [2.05, 4.69) is 22.4 Å². The Labute approximate surface area is 107 Å². The lowest BCUT2D eigenvalue weighted by Gasteiger charge is -2.14. The molecule has 18 heavy (non-hydrogen) atoms. The summed E-state index contributed by atoms with van der Waals surface area (Å²) in [5.41, 5.74) is 5.04. The molecule has 2 heterocycles. The van der Waals surface area contributed by atoms with Crippen LogP contribution in [0.2, 0.25) is 0 Å². The van der Waals surface area contributed by atoms with Gasteiger partial charge < -0.3 is 0 Å². The van der Waals surface area contributed by atoms with E-state index in [0.717, 1.165) is 17.5 Å². The van der Waals surface area contributed by atoms with E-state index in [1.165, 1.54) is 25.7 Å². The van der Waals surface area contributed by atoms with Gasteiger partial charge in [0.2, 0.25) is 0 Å². The molecule has 0 aliphatic rings. The number of nitrogens with one attached hydrogen (secondary N) is 1. The zero-order chi connectivity index (χ0) is 12.8. The van der Waals surface area contributed by atoms with Gasteiger partial charge in [-0.3, -0.25) is 16.3 Å². The fourth-order valence-electron chi connectivity index (χ4n) is 2.23. The Morgan fingerprint density at radius 3 is 3.00 bits per heavy atom. The Balaban J connectivity index is 2.07. The molecule has 2 aromatic heterocycles. The molecule has 2 aromatic rings. The summed E-state index contributed by atoms with van der Waals surface area (Å²) in [6.07, 6.45) is 13.3. The Morgan fingerprint density at radius 1 is 1.33 bits per heavy atom. The van der Waals surface area contributed by atoms with Crippen molar-refractivity contribution >= 4 is 5.52 Å². The zero-order valence-corrected chi connectivity index (χ0v) is 10.8. The van der Waals surface area contributed by atoms with Gasteiger partial charge in [0.1, 0.15) is 0 Å². The fraction of sp³-hybridized carbons (Fsp3) is 0.538. The van der Waals surface area contributed by atoms with Crippen LogP contribution in [0.25, 0.3) is 5.52 Å². The van der Waals surface area contributed by atoms with Gasteiger partial charge in [0.25, 0.3) is 0 Å². The van der Waals surface area contributed by atoms with Crippen molar-refractivity contribution in [2.24, 2.45) is 5.84 Å². The molecule has 1 unspecified atom stereocenters. The highest BCUT2D eigenvalue weighted by molar-refractivity contribution is 5.53. The minimum atomic E-state index is 0.156. The van der Waals surface area contributed by atoms with E-state index in [4.69, 9.17) is 5.84 Å². The molecule has 2 rings (SSSR count). The quantitative estimate of drug-likeness (QED) is 0.447. The Bertz CT molecular complexity index is 479. The second kappa shape index (κ2) is 6.47. The first-order valence-corrected chi connectivity index (χ1v) is 6.60. The van der Waals surface area contributed by atoms with Crippen molar-refractivity contribution in [2.75, 3.05) is 0 Å². The molecule has 0 saturated heterocycles. The van der Waals surface area contributed by atoms with Gasteiger partial charge in [-0.25, -0.2) is 4.52 Å². The summed E-state index contributed by atoms with van der Waals surface area (Å²) in [7, 11) is 0. The molecule has 98 valence electrons. The maximum absolute atomic E-state index is 5.66. The summed E-state index contributed by atoms with van der Waals surface area (Å²) >= 11 is 0. The highest BCUT2D eigenvalue weighted by atomic mass is 15.3. The monoisotopic (exact) mass is 247 g/mol. The van der Waals surface area contributed by atoms with Crippen LogP contribution in [0.4, 0.5) is 0 Å². The second-order valence-electron chi connectivity index (χ2n) is 4.57. The van der Waals surface area contributed by atoms with E-state index in [1.807, 2.05) is 23.1 Å². The molecule has 0 fully saturated rings. The summed E-state index contributed by atoms with van der Waals surface area (Å²) < 4.78 is 1.83. The van der Waals surface area contributed by atoms with Crippen molar-refractivity contribution in [1.82, 2.24) is 20.0 Å². The maximum atomic E-state index is 5.66. The average molecular weight is 247 g/mol. The predicted molar refractivity (Wildman–Crippen MR) is 71.8 cm³/mol. The van der Waals surface area contributed by atoms with Gasteiger partial charge in [-0.2, -0.15) is 5.10 Å². The van der Waals surface area contributed by atoms with Crippen LogP contribution in [-0.2, 0) is 0 Å². The largest absolute Gasteiger partial charge is 0.271 e. The van der Waals surface area contributed by atoms with E-state index in [-0.39, 0.29) is 6.04 Å². The lowest BCUT2D eigenvalue weighted by molar-refractivity contribution is 0.484. The average Bonchev–Trinajstić information content (AvgIpc) is 2.83. The Hall–Kier alpha value is -1.46. The molecule has 0 bridgehead atoms. The van der Waals surface area contributed by atoms with Crippen LogP contribution in [0.1, 0.15) is 50.6 Å². The minimum absolute atomic E-state index is 0.156. The number of nitrogens with two attached hydrogens (primary N) is 1. The van der Waals surface area contributed by atoms with Gasteiger partial charge in [0.05, 0.1) is 17.9 Å². The van der Waals surface area contributed by atoms with Gasteiger partial charge >= 0.3 is 0 Å². The zero-order valence-electron chi connectivity index (χ0n) is 10.8. The molecule has 0 saturated carbocycles. The molecule has 3 N–H and O–H groups in total. The van der Waals surface area contributed by atoms with Gasteiger partial charge in [-0.15, -0.1) is 0 Å². The molecule has 0 radical (unpaired) electrons. The van der Waals surface area contributed by atoms with Crippen LogP contribution in [0.3, 0.4) is 0 Å². The highest BCUT2D eigenvalue weighted by Gasteiger charge is 2.14. The molecule has 0 aliphatic heterocycles. The number of hydrazine groups is 1. The van der Waals surface area contributed by atoms with Crippen LogP contribution in [-0.4, -0.2) is 14.6 Å². The molecule has 5 nitrogen and oxygen atoms in total. The third-order valence-electron chi connectivity index (χ3n) is 3.28. The minimum Gasteiger partial charge on any atom is -0.271 e. The van der Waals surface area contributed by atoms with Crippen molar-refractivity contribution in [1.29, 1.82) is 0 Å². The maximum Gasteiger partial charge on any atom is 0.0893 e. The summed E-state index contributed by atoms with van der Waals surface area (Å²) in [5, 5.41) is 4.31. The predicted octanol–water partition coefficient (Wildman–Crippen LogP) is 2.20. The number of aromatic nitrogens is 3. The van der Waals surface area contributed by atoms with E-state index in [0.29, 0.717) is 0 Å². The van der Waals surface area contributed by atoms with Crippen LogP contribution in [0.5, 0.6) is 0 Å². The van der Waals surface area contributed by atoms with Gasteiger partial charge in [0.15, 0.2) is 0 Å². The third kappa shape index (κ3) is 2.86. The van der Waals surface area contributed by atoms with Crippen LogP contribution < -0.4 is 11.3 Å². The molecular weight excluding hydrogens is 226 g/mol. The fourth-order valence-corrected chi connectivity index (χ4v) is 2.23. The van der Waals surface area contributed by atoms with Gasteiger partial charge in [-0.1, -0.05) is 32.6 Å². The molecule has 0 amide bonds. The molecule has 5 heteroatoms. The van der Waals surface area contributed by atoms with Crippen molar-refractivity contribution in [3.05, 3.63) is 30.4 Å². The Kier molecular flexibility index (Phi) is 4.66. The van der Waals surface area contributed by atoms with Crippen molar-refractivity contribution < 1.29 is 0 Å². The smallest absolute Gasteiger partial charge is 0.0893 e. The lowest BCUT2D eigenvalue weighted by atomic mass is 10.0. The van der Waals surface area contributed by atoms with Gasteiger partial charge in [-0.05, 0) is 6.42 Å². The van der Waals surface area contributed by atoms with Crippen LogP contribution >= 0.6 is 0 Å². The van der Waals surface area contributed by atoms with E-state index < -0.39 is 0 Å². The van der Waals surface area contributed by atoms with E-state index in [1.54, 1.807) is 6.20 Å². The summed E-state index contributed by atoms with van der Waals surface area (Å²) in [6, 6.07) is 0.156. The number of hydrogen-bond acceptors (Lipinski definition) is 4. The molecular formula is C13H21N5. The van der Waals surface area contributed by atoms with Crippen molar-refractivity contribution in [2.45, 2.75) is 45.1 Å². The Morgan fingerprint density at radius 2 is 2.22 bits per heavy atom. The number of fused-ring (bicyclic) bond motifs is 1. The number of unbranched alkanes of at least 4 members (excludes halogenated alkanes) is 3. The topological polar surface area (TPSA) is 68.2 Å². The molecule has 0 aromatic carbocycles. The lowest BCUT2D eigenvalue weighted by Crippen LogP contribution is -2.27. The molecule has 0 aliphatic carbocycles. The van der Waals surface area contributed by atoms with Crippen molar-refractivity contribution in [3.8, 4) is 0 Å². The standard InChI is InChI=1S/C13H21N5/c1-2-3-4-5-6-12(17-14)11-9-16-18-8-7-15-10-13(11)18/h7-10,12,17H,2-6,14H2,1H3. The first-order chi connectivity index (χ1) is 8.86. The van der Waals surface area contributed by atoms with Crippen LogP contribution in [0.15, 0.2) is 24.8 Å². The molecule has 0 spiro atoms. The summed E-state index contributed by atoms with van der Waals surface area (Å²) in [6.45, 7) is 2.22. The molecule has 1 atom stereocenters. The first kappa shape index (κ1) is 13.0. The van der Waals surface area contributed by atoms with Crippen LogP contribution in [0, 0.1) is 0 Å². The summed E-state index contributed by atoms with van der Waals surface area (Å²) in [5.74, 6) is 5.66. The number of rotatable bonds is 7. The number of nitrogens with zero attached hydrogens (tertiary/aromatic N) is 3. The normalized spacial score (nSPS) is 13.0. The second-order valence-corrected chi connectivity index (χ2v) is 4.57. The van der Waals surface area contributed by atoms with E-state index >= 15 is 0 Å². The van der Waals surface area contributed by atoms with Gasteiger partial charge in [0, 0.05) is 24.0 Å². The summed E-state index contributed by atoms with van der Waals surface area (Å²) in [4.78, 5) is 4.14. The first-order valence-electron chi connectivity index (χ1n) is 6.60. The number of hydrogen-bond donors (Lipinski definition) is 2. The van der Waals surface area contributed by atoms with Crippen molar-refractivity contribution in [3.63, 3.8) is 0 Å². The van der Waals surface area contributed by atoms with E-state index in [9.17, 15) is 0 Å².